The highest BCUT2D eigenvalue weighted by Crippen LogP contribution is 2.22. The molecule has 35 heavy (non-hydrogen) atoms. The Labute approximate surface area is 207 Å². The number of piperazine rings is 1. The number of hydrogen-bond donors (Lipinski definition) is 1. The van der Waals surface area contributed by atoms with Crippen molar-refractivity contribution in [2.24, 2.45) is 0 Å². The van der Waals surface area contributed by atoms with Crippen LogP contribution in [-0.4, -0.2) is 64.2 Å². The molecule has 3 aromatic carbocycles. The standard InChI is InChI=1S/C27H31N3O4S/c1-34-26-14-12-25(13-15-26)29-17-19-30(20-18-29)35(32,33)21-5-16-28-27(31)24-10-8-23(9-11-24)22-6-3-2-4-7-22/h2-4,6-15H,5,16-21H2,1H3,(H,28,31). The largest absolute Gasteiger partial charge is 0.497 e. The van der Waals surface area contributed by atoms with Crippen molar-refractivity contribution in [1.82, 2.24) is 9.62 Å². The van der Waals surface area contributed by atoms with Gasteiger partial charge in [0.2, 0.25) is 10.0 Å². The van der Waals surface area contributed by atoms with Crippen molar-refractivity contribution in [3.05, 3.63) is 84.4 Å². The van der Waals surface area contributed by atoms with Crippen molar-refractivity contribution in [3.8, 4) is 16.9 Å². The van der Waals surface area contributed by atoms with Crippen LogP contribution < -0.4 is 15.0 Å². The van der Waals surface area contributed by atoms with Crippen LogP contribution in [0.1, 0.15) is 16.8 Å². The van der Waals surface area contributed by atoms with E-state index in [4.69, 9.17) is 4.74 Å². The summed E-state index contributed by atoms with van der Waals surface area (Å²) in [7, 11) is -1.73. The number of benzene rings is 3. The first-order valence-electron chi connectivity index (χ1n) is 11.8. The summed E-state index contributed by atoms with van der Waals surface area (Å²) < 4.78 is 32.3. The summed E-state index contributed by atoms with van der Waals surface area (Å²) in [6.45, 7) is 2.50. The minimum absolute atomic E-state index is 0.0166. The van der Waals surface area contributed by atoms with Gasteiger partial charge in [-0.2, -0.15) is 4.31 Å². The van der Waals surface area contributed by atoms with Gasteiger partial charge in [0, 0.05) is 44.0 Å². The normalized spacial score (nSPS) is 14.5. The molecule has 4 rings (SSSR count). The predicted molar refractivity (Wildman–Crippen MR) is 139 cm³/mol. The molecule has 0 saturated carbocycles. The molecule has 0 unspecified atom stereocenters. The van der Waals surface area contributed by atoms with Gasteiger partial charge in [-0.15, -0.1) is 0 Å². The maximum atomic E-state index is 12.8. The number of sulfonamides is 1. The number of ether oxygens (including phenoxy) is 1. The molecule has 3 aromatic rings. The van der Waals surface area contributed by atoms with Crippen molar-refractivity contribution >= 4 is 21.6 Å². The molecule has 1 heterocycles. The molecule has 1 saturated heterocycles. The molecular formula is C27H31N3O4S. The third-order valence-corrected chi connectivity index (χ3v) is 8.14. The molecule has 0 spiro atoms. The number of nitrogens with one attached hydrogen (secondary N) is 1. The van der Waals surface area contributed by atoms with Crippen LogP contribution in [0.3, 0.4) is 0 Å². The second-order valence-electron chi connectivity index (χ2n) is 8.45. The number of hydrogen-bond acceptors (Lipinski definition) is 5. The Morgan fingerprint density at radius 3 is 2.11 bits per heavy atom. The Morgan fingerprint density at radius 1 is 0.857 bits per heavy atom. The van der Waals surface area contributed by atoms with Gasteiger partial charge in [0.1, 0.15) is 5.75 Å². The molecule has 0 bridgehead atoms. The predicted octanol–water partition coefficient (Wildman–Crippen LogP) is 3.63. The van der Waals surface area contributed by atoms with Crippen molar-refractivity contribution in [2.75, 3.05) is 50.5 Å². The average Bonchev–Trinajstić information content (AvgIpc) is 2.92. The van der Waals surface area contributed by atoms with Crippen LogP contribution in [0.4, 0.5) is 5.69 Å². The van der Waals surface area contributed by atoms with Gasteiger partial charge in [0.05, 0.1) is 12.9 Å². The molecule has 0 radical (unpaired) electrons. The van der Waals surface area contributed by atoms with E-state index in [1.54, 1.807) is 23.5 Å². The molecule has 1 aliphatic heterocycles. The second kappa shape index (κ2) is 11.4. The lowest BCUT2D eigenvalue weighted by Crippen LogP contribution is -2.49. The first-order valence-corrected chi connectivity index (χ1v) is 13.4. The third kappa shape index (κ3) is 6.41. The van der Waals surface area contributed by atoms with Crippen molar-refractivity contribution in [1.29, 1.82) is 0 Å². The van der Waals surface area contributed by atoms with E-state index in [0.717, 1.165) is 22.6 Å². The second-order valence-corrected chi connectivity index (χ2v) is 10.5. The van der Waals surface area contributed by atoms with E-state index in [0.29, 0.717) is 44.7 Å². The molecule has 8 heteroatoms. The quantitative estimate of drug-likeness (QED) is 0.461. The summed E-state index contributed by atoms with van der Waals surface area (Å²) in [5.74, 6) is 0.615. The Kier molecular flexibility index (Phi) is 8.05. The zero-order chi connectivity index (χ0) is 24.7. The first-order chi connectivity index (χ1) is 17.0. The van der Waals surface area contributed by atoms with Crippen LogP contribution in [0, 0.1) is 0 Å². The lowest BCUT2D eigenvalue weighted by atomic mass is 10.0. The van der Waals surface area contributed by atoms with Crippen LogP contribution in [0.15, 0.2) is 78.9 Å². The van der Waals surface area contributed by atoms with E-state index < -0.39 is 10.0 Å². The fourth-order valence-electron chi connectivity index (χ4n) is 4.15. The number of carbonyl (C=O) groups excluding carboxylic acids is 1. The highest BCUT2D eigenvalue weighted by atomic mass is 32.2. The van der Waals surface area contributed by atoms with Gasteiger partial charge in [-0.25, -0.2) is 8.42 Å². The molecular weight excluding hydrogens is 462 g/mol. The van der Waals surface area contributed by atoms with Gasteiger partial charge in [-0.3, -0.25) is 4.79 Å². The minimum atomic E-state index is -3.36. The number of nitrogens with zero attached hydrogens (tertiary/aromatic N) is 2. The smallest absolute Gasteiger partial charge is 0.251 e. The van der Waals surface area contributed by atoms with Crippen molar-refractivity contribution in [3.63, 3.8) is 0 Å². The van der Waals surface area contributed by atoms with Gasteiger partial charge >= 0.3 is 0 Å². The molecule has 1 amide bonds. The molecule has 1 N–H and O–H groups in total. The van der Waals surface area contributed by atoms with E-state index in [-0.39, 0.29) is 11.7 Å². The lowest BCUT2D eigenvalue weighted by molar-refractivity contribution is 0.0953. The Bertz CT molecular complexity index is 1210. The number of anilines is 1. The highest BCUT2D eigenvalue weighted by molar-refractivity contribution is 7.89. The lowest BCUT2D eigenvalue weighted by Gasteiger charge is -2.35. The number of amides is 1. The highest BCUT2D eigenvalue weighted by Gasteiger charge is 2.26. The van der Waals surface area contributed by atoms with E-state index >= 15 is 0 Å². The molecule has 0 aromatic heterocycles. The monoisotopic (exact) mass is 493 g/mol. The van der Waals surface area contributed by atoms with Crippen LogP contribution >= 0.6 is 0 Å². The van der Waals surface area contributed by atoms with Crippen LogP contribution in [0.25, 0.3) is 11.1 Å². The molecule has 184 valence electrons. The summed E-state index contributed by atoms with van der Waals surface area (Å²) in [6.07, 6.45) is 0.370. The van der Waals surface area contributed by atoms with Crippen molar-refractivity contribution < 1.29 is 17.9 Å². The minimum Gasteiger partial charge on any atom is -0.497 e. The van der Waals surface area contributed by atoms with Crippen LogP contribution in [-0.2, 0) is 10.0 Å². The van der Waals surface area contributed by atoms with E-state index in [9.17, 15) is 13.2 Å². The molecule has 1 aliphatic rings. The Morgan fingerprint density at radius 2 is 1.49 bits per heavy atom. The summed E-state index contributed by atoms with van der Waals surface area (Å²) in [6, 6.07) is 25.2. The number of carbonyl (C=O) groups is 1. The van der Waals surface area contributed by atoms with Gasteiger partial charge < -0.3 is 15.0 Å². The SMILES string of the molecule is COc1ccc(N2CCN(S(=O)(=O)CCCNC(=O)c3ccc(-c4ccccc4)cc3)CC2)cc1. The van der Waals surface area contributed by atoms with Gasteiger partial charge in [-0.1, -0.05) is 42.5 Å². The van der Waals surface area contributed by atoms with E-state index in [1.807, 2.05) is 66.7 Å². The Balaban J connectivity index is 1.20. The van der Waals surface area contributed by atoms with Gasteiger partial charge in [0.15, 0.2) is 0 Å². The van der Waals surface area contributed by atoms with Crippen LogP contribution in [0.2, 0.25) is 0 Å². The topological polar surface area (TPSA) is 79.0 Å². The summed E-state index contributed by atoms with van der Waals surface area (Å²) in [5, 5.41) is 2.83. The zero-order valence-electron chi connectivity index (χ0n) is 19.9. The fourth-order valence-corrected chi connectivity index (χ4v) is 5.64. The van der Waals surface area contributed by atoms with Gasteiger partial charge in [0.25, 0.3) is 5.91 Å². The zero-order valence-corrected chi connectivity index (χ0v) is 20.7. The van der Waals surface area contributed by atoms with Crippen molar-refractivity contribution in [2.45, 2.75) is 6.42 Å². The molecule has 0 atom stereocenters. The fraction of sp³-hybridized carbons (Fsp3) is 0.296. The molecule has 7 nitrogen and oxygen atoms in total. The summed E-state index contributed by atoms with van der Waals surface area (Å²) >= 11 is 0. The maximum Gasteiger partial charge on any atom is 0.251 e. The number of methoxy groups -OCH3 is 1. The summed E-state index contributed by atoms with van der Waals surface area (Å²) in [5.41, 5.74) is 3.75. The Hall–Kier alpha value is -3.36. The maximum absolute atomic E-state index is 12.8. The average molecular weight is 494 g/mol. The summed E-state index contributed by atoms with van der Waals surface area (Å²) in [4.78, 5) is 14.6. The van der Waals surface area contributed by atoms with E-state index in [2.05, 4.69) is 10.2 Å². The van der Waals surface area contributed by atoms with E-state index in [1.165, 1.54) is 0 Å². The molecule has 1 fully saturated rings. The third-order valence-electron chi connectivity index (χ3n) is 6.19. The first kappa shape index (κ1) is 24.8. The van der Waals surface area contributed by atoms with Crippen LogP contribution in [0.5, 0.6) is 5.75 Å². The number of rotatable bonds is 9. The molecule has 0 aliphatic carbocycles. The van der Waals surface area contributed by atoms with Gasteiger partial charge in [-0.05, 0) is 53.9 Å².